The zero-order valence-corrected chi connectivity index (χ0v) is 10.4. The van der Waals surface area contributed by atoms with E-state index in [4.69, 9.17) is 23.2 Å². The van der Waals surface area contributed by atoms with Crippen molar-refractivity contribution in [3.05, 3.63) is 27.7 Å². The molecule has 1 aromatic rings. The second kappa shape index (κ2) is 5.01. The van der Waals surface area contributed by atoms with E-state index < -0.39 is 5.38 Å². The van der Waals surface area contributed by atoms with Crippen LogP contribution in [0.5, 0.6) is 0 Å². The maximum Gasteiger partial charge on any atom is 0.242 e. The Morgan fingerprint density at radius 1 is 1.57 bits per heavy atom. The summed E-state index contributed by atoms with van der Waals surface area (Å²) in [6.45, 7) is 1.60. The number of carbonyl (C=O) groups excluding carboxylic acids is 1. The zero-order valence-electron chi connectivity index (χ0n) is 7.35. The molecule has 1 aromatic carbocycles. The van der Waals surface area contributed by atoms with Gasteiger partial charge in [0.15, 0.2) is 0 Å². The molecular formula is C9H8BrCl2NO. The summed E-state index contributed by atoms with van der Waals surface area (Å²) in [5, 5.41) is 2.52. The Hall–Kier alpha value is -0.250. The van der Waals surface area contributed by atoms with Crippen molar-refractivity contribution in [2.75, 3.05) is 5.32 Å². The molecule has 2 nitrogen and oxygen atoms in total. The smallest absolute Gasteiger partial charge is 0.242 e. The topological polar surface area (TPSA) is 29.1 Å². The highest BCUT2D eigenvalue weighted by Crippen LogP contribution is 2.25. The summed E-state index contributed by atoms with van der Waals surface area (Å²) in [5.41, 5.74) is 0.562. The first-order valence-corrected chi connectivity index (χ1v) is 5.51. The maximum absolute atomic E-state index is 11.2. The quantitative estimate of drug-likeness (QED) is 0.829. The number of hydrogen-bond donors (Lipinski definition) is 1. The molecule has 0 fully saturated rings. The third-order valence-corrected chi connectivity index (χ3v) is 2.55. The molecule has 1 amide bonds. The fraction of sp³-hybridized carbons (Fsp3) is 0.222. The minimum Gasteiger partial charge on any atom is -0.323 e. The summed E-state index contributed by atoms with van der Waals surface area (Å²) in [5.74, 6) is -0.268. The van der Waals surface area contributed by atoms with Gasteiger partial charge in [-0.15, -0.1) is 11.6 Å². The number of carbonyl (C=O) groups is 1. The lowest BCUT2D eigenvalue weighted by Gasteiger charge is -2.08. The Labute approximate surface area is 101 Å². The summed E-state index contributed by atoms with van der Waals surface area (Å²) in [4.78, 5) is 11.2. The van der Waals surface area contributed by atoms with Gasteiger partial charge in [-0.25, -0.2) is 0 Å². The highest BCUT2D eigenvalue weighted by Gasteiger charge is 2.10. The molecule has 0 aliphatic heterocycles. The van der Waals surface area contributed by atoms with Crippen LogP contribution in [0.4, 0.5) is 5.69 Å². The van der Waals surface area contributed by atoms with E-state index in [0.29, 0.717) is 10.7 Å². The normalized spacial score (nSPS) is 12.3. The van der Waals surface area contributed by atoms with Gasteiger partial charge in [-0.2, -0.15) is 0 Å². The lowest BCUT2D eigenvalue weighted by atomic mass is 10.3. The van der Waals surface area contributed by atoms with Gasteiger partial charge in [-0.05, 0) is 25.1 Å². The molecule has 0 aromatic heterocycles. The van der Waals surface area contributed by atoms with Gasteiger partial charge in [0.05, 0.1) is 10.7 Å². The predicted octanol–water partition coefficient (Wildman–Crippen LogP) is 3.67. The van der Waals surface area contributed by atoms with Crippen molar-refractivity contribution in [2.24, 2.45) is 0 Å². The average molecular weight is 297 g/mol. The molecule has 0 bridgehead atoms. The van der Waals surface area contributed by atoms with E-state index in [1.165, 1.54) is 0 Å². The molecular weight excluding hydrogens is 289 g/mol. The van der Waals surface area contributed by atoms with Crippen molar-refractivity contribution in [1.82, 2.24) is 0 Å². The van der Waals surface area contributed by atoms with Crippen molar-refractivity contribution in [3.63, 3.8) is 0 Å². The number of anilines is 1. The largest absolute Gasteiger partial charge is 0.323 e. The van der Waals surface area contributed by atoms with Gasteiger partial charge >= 0.3 is 0 Å². The van der Waals surface area contributed by atoms with Crippen LogP contribution in [0.15, 0.2) is 22.7 Å². The predicted molar refractivity (Wildman–Crippen MR) is 63.1 cm³/mol. The van der Waals surface area contributed by atoms with Crippen LogP contribution >= 0.6 is 39.1 Å². The highest BCUT2D eigenvalue weighted by atomic mass is 79.9. The highest BCUT2D eigenvalue weighted by molar-refractivity contribution is 9.10. The Balaban J connectivity index is 2.82. The van der Waals surface area contributed by atoms with E-state index >= 15 is 0 Å². The maximum atomic E-state index is 11.2. The van der Waals surface area contributed by atoms with Crippen LogP contribution in [-0.2, 0) is 4.79 Å². The fourth-order valence-corrected chi connectivity index (χ4v) is 1.60. The van der Waals surface area contributed by atoms with Gasteiger partial charge < -0.3 is 5.32 Å². The molecule has 1 rings (SSSR count). The molecule has 0 saturated carbocycles. The molecule has 0 heterocycles. The molecule has 0 saturated heterocycles. The minimum absolute atomic E-state index is 0.268. The van der Waals surface area contributed by atoms with E-state index in [1.807, 2.05) is 0 Å². The van der Waals surface area contributed by atoms with Crippen LogP contribution in [0.1, 0.15) is 6.92 Å². The molecule has 0 radical (unpaired) electrons. The second-order valence-electron chi connectivity index (χ2n) is 2.73. The van der Waals surface area contributed by atoms with Gasteiger partial charge in [-0.3, -0.25) is 4.79 Å². The number of hydrogen-bond acceptors (Lipinski definition) is 1. The van der Waals surface area contributed by atoms with Crippen molar-refractivity contribution in [3.8, 4) is 0 Å². The first-order chi connectivity index (χ1) is 6.50. The Morgan fingerprint density at radius 3 is 2.71 bits per heavy atom. The SMILES string of the molecule is C[C@@H](Cl)C(=O)Nc1ccc(Br)cc1Cl. The van der Waals surface area contributed by atoms with Crippen LogP contribution in [0.3, 0.4) is 0 Å². The molecule has 0 unspecified atom stereocenters. The third kappa shape index (κ3) is 3.15. The lowest BCUT2D eigenvalue weighted by molar-refractivity contribution is -0.115. The summed E-state index contributed by atoms with van der Waals surface area (Å²) < 4.78 is 0.861. The van der Waals surface area contributed by atoms with E-state index in [1.54, 1.807) is 25.1 Å². The molecule has 0 aliphatic carbocycles. The van der Waals surface area contributed by atoms with Gasteiger partial charge in [0.2, 0.25) is 5.91 Å². The summed E-state index contributed by atoms with van der Waals surface area (Å²) in [6, 6.07) is 5.21. The van der Waals surface area contributed by atoms with Crippen LogP contribution in [0, 0.1) is 0 Å². The number of amides is 1. The van der Waals surface area contributed by atoms with E-state index in [2.05, 4.69) is 21.2 Å². The molecule has 1 N–H and O–H groups in total. The minimum atomic E-state index is -0.574. The molecule has 1 atom stereocenters. The fourth-order valence-electron chi connectivity index (χ4n) is 0.823. The van der Waals surface area contributed by atoms with E-state index in [0.717, 1.165) is 4.47 Å². The second-order valence-corrected chi connectivity index (χ2v) is 4.71. The van der Waals surface area contributed by atoms with Crippen molar-refractivity contribution < 1.29 is 4.79 Å². The summed E-state index contributed by atoms with van der Waals surface area (Å²) >= 11 is 14.8. The summed E-state index contributed by atoms with van der Waals surface area (Å²) in [6.07, 6.45) is 0. The molecule has 76 valence electrons. The number of halogens is 3. The van der Waals surface area contributed by atoms with Gasteiger partial charge in [0.1, 0.15) is 5.38 Å². The first-order valence-electron chi connectivity index (χ1n) is 3.90. The van der Waals surface area contributed by atoms with E-state index in [9.17, 15) is 4.79 Å². The molecule has 0 spiro atoms. The van der Waals surface area contributed by atoms with Crippen LogP contribution in [-0.4, -0.2) is 11.3 Å². The van der Waals surface area contributed by atoms with Crippen LogP contribution in [0.25, 0.3) is 0 Å². The van der Waals surface area contributed by atoms with Crippen molar-refractivity contribution >= 4 is 50.7 Å². The standard InChI is InChI=1S/C9H8BrCl2NO/c1-5(11)9(14)13-8-3-2-6(10)4-7(8)12/h2-5H,1H3,(H,13,14)/t5-/m1/s1. The molecule has 0 aliphatic rings. The van der Waals surface area contributed by atoms with Crippen LogP contribution in [0.2, 0.25) is 5.02 Å². The third-order valence-electron chi connectivity index (χ3n) is 1.55. The Kier molecular flexibility index (Phi) is 4.23. The van der Waals surface area contributed by atoms with Gasteiger partial charge in [0.25, 0.3) is 0 Å². The Morgan fingerprint density at radius 2 is 2.21 bits per heavy atom. The zero-order chi connectivity index (χ0) is 10.7. The number of nitrogens with one attached hydrogen (secondary N) is 1. The Bertz CT molecular complexity index is 355. The number of rotatable bonds is 2. The summed E-state index contributed by atoms with van der Waals surface area (Å²) in [7, 11) is 0. The lowest BCUT2D eigenvalue weighted by Crippen LogP contribution is -2.20. The van der Waals surface area contributed by atoms with Gasteiger partial charge in [-0.1, -0.05) is 27.5 Å². The number of alkyl halides is 1. The van der Waals surface area contributed by atoms with E-state index in [-0.39, 0.29) is 5.91 Å². The first kappa shape index (κ1) is 11.8. The number of benzene rings is 1. The monoisotopic (exact) mass is 295 g/mol. The van der Waals surface area contributed by atoms with Crippen molar-refractivity contribution in [1.29, 1.82) is 0 Å². The van der Waals surface area contributed by atoms with Crippen molar-refractivity contribution in [2.45, 2.75) is 12.3 Å². The molecule has 14 heavy (non-hydrogen) atoms. The average Bonchev–Trinajstić information content (AvgIpc) is 2.09. The van der Waals surface area contributed by atoms with Crippen LogP contribution < -0.4 is 5.32 Å². The molecule has 5 heteroatoms. The van der Waals surface area contributed by atoms with Gasteiger partial charge in [0, 0.05) is 4.47 Å².